The van der Waals surface area contributed by atoms with E-state index in [1.807, 2.05) is 30.3 Å². The minimum Gasteiger partial charge on any atom is -0.383 e. The van der Waals surface area contributed by atoms with Crippen molar-refractivity contribution in [1.29, 1.82) is 0 Å². The van der Waals surface area contributed by atoms with Crippen molar-refractivity contribution in [3.8, 4) is 0 Å². The lowest BCUT2D eigenvalue weighted by Crippen LogP contribution is -2.22. The maximum absolute atomic E-state index is 11.6. The molecule has 92 valence electrons. The number of nitrogen functional groups attached to an aromatic ring is 1. The van der Waals surface area contributed by atoms with E-state index in [1.165, 1.54) is 0 Å². The number of nitrogens with zero attached hydrogens (tertiary/aromatic N) is 2. The minimum absolute atomic E-state index is 0.0773. The Balaban J connectivity index is 2.47. The van der Waals surface area contributed by atoms with Crippen molar-refractivity contribution in [3.63, 3.8) is 0 Å². The number of H-pyrrole nitrogens is 1. The Morgan fingerprint density at radius 1 is 1.33 bits per heavy atom. The van der Waals surface area contributed by atoms with Gasteiger partial charge in [-0.3, -0.25) is 14.6 Å². The molecule has 0 saturated heterocycles. The van der Waals surface area contributed by atoms with Crippen LogP contribution in [-0.2, 0) is 0 Å². The van der Waals surface area contributed by atoms with Gasteiger partial charge in [0.1, 0.15) is 11.4 Å². The quantitative estimate of drug-likeness (QED) is 0.784. The smallest absolute Gasteiger partial charge is 0.265 e. The zero-order chi connectivity index (χ0) is 13.1. The van der Waals surface area contributed by atoms with Gasteiger partial charge in [0.05, 0.1) is 0 Å². The van der Waals surface area contributed by atoms with Gasteiger partial charge in [-0.2, -0.15) is 4.98 Å². The fourth-order valence-corrected chi connectivity index (χ4v) is 1.53. The topological polar surface area (TPSA) is 92.1 Å². The Bertz CT molecular complexity index is 622. The first-order valence-corrected chi connectivity index (χ1v) is 5.27. The summed E-state index contributed by atoms with van der Waals surface area (Å²) in [4.78, 5) is 30.4. The van der Waals surface area contributed by atoms with Gasteiger partial charge in [-0.15, -0.1) is 0 Å². The summed E-state index contributed by atoms with van der Waals surface area (Å²) in [5, 5.41) is 0. The Labute approximate surface area is 103 Å². The molecule has 0 amide bonds. The number of aldehydes is 1. The standard InChI is InChI=1S/C12H12N4O2/c1-16(8-5-3-2-4-6-8)12-14-10(13)9(7-17)11(18)15-12/h2-7H,1H3,(H3,13,14,15,18). The summed E-state index contributed by atoms with van der Waals surface area (Å²) < 4.78 is 0. The van der Waals surface area contributed by atoms with E-state index in [2.05, 4.69) is 9.97 Å². The second-order valence-electron chi connectivity index (χ2n) is 3.70. The molecule has 0 radical (unpaired) electrons. The third kappa shape index (κ3) is 2.08. The average Bonchev–Trinajstić information content (AvgIpc) is 2.38. The molecular formula is C12H12N4O2. The number of benzene rings is 1. The van der Waals surface area contributed by atoms with Crippen LogP contribution in [0.25, 0.3) is 0 Å². The highest BCUT2D eigenvalue weighted by Crippen LogP contribution is 2.19. The fraction of sp³-hybridized carbons (Fsp3) is 0.0833. The molecule has 3 N–H and O–H groups in total. The molecule has 1 heterocycles. The Kier molecular flexibility index (Phi) is 3.09. The SMILES string of the molecule is CN(c1ccccc1)c1nc(N)c(C=O)c(=O)[nH]1. The van der Waals surface area contributed by atoms with Crippen molar-refractivity contribution >= 4 is 23.7 Å². The molecule has 0 saturated carbocycles. The molecule has 2 aromatic rings. The molecule has 18 heavy (non-hydrogen) atoms. The van der Waals surface area contributed by atoms with Crippen molar-refractivity contribution in [3.05, 3.63) is 46.2 Å². The molecule has 0 atom stereocenters. The largest absolute Gasteiger partial charge is 0.383 e. The molecule has 0 bridgehead atoms. The van der Waals surface area contributed by atoms with Gasteiger partial charge < -0.3 is 10.6 Å². The third-order valence-electron chi connectivity index (χ3n) is 2.55. The number of para-hydroxylation sites is 1. The number of carbonyl (C=O) groups excluding carboxylic acids is 1. The maximum atomic E-state index is 11.6. The summed E-state index contributed by atoms with van der Waals surface area (Å²) in [6, 6.07) is 9.35. The van der Waals surface area contributed by atoms with Crippen LogP contribution in [0.15, 0.2) is 35.1 Å². The molecule has 1 aromatic heterocycles. The van der Waals surface area contributed by atoms with E-state index >= 15 is 0 Å². The van der Waals surface area contributed by atoms with Crippen molar-refractivity contribution in [2.45, 2.75) is 0 Å². The Morgan fingerprint density at radius 2 is 2.00 bits per heavy atom. The normalized spacial score (nSPS) is 10.1. The molecule has 0 unspecified atom stereocenters. The number of anilines is 3. The summed E-state index contributed by atoms with van der Waals surface area (Å²) in [5.74, 6) is 0.209. The van der Waals surface area contributed by atoms with Crippen molar-refractivity contribution in [1.82, 2.24) is 9.97 Å². The van der Waals surface area contributed by atoms with Crippen LogP contribution in [0.4, 0.5) is 17.5 Å². The molecule has 0 aliphatic heterocycles. The highest BCUT2D eigenvalue weighted by molar-refractivity contribution is 5.81. The zero-order valence-electron chi connectivity index (χ0n) is 9.75. The van der Waals surface area contributed by atoms with Crippen LogP contribution in [0.2, 0.25) is 0 Å². The summed E-state index contributed by atoms with van der Waals surface area (Å²) in [6.07, 6.45) is 0.396. The number of aromatic nitrogens is 2. The average molecular weight is 244 g/mol. The van der Waals surface area contributed by atoms with E-state index < -0.39 is 5.56 Å². The lowest BCUT2D eigenvalue weighted by molar-refractivity contribution is 0.112. The Hall–Kier alpha value is -2.63. The third-order valence-corrected chi connectivity index (χ3v) is 2.55. The molecule has 6 heteroatoms. The molecule has 0 aliphatic carbocycles. The molecule has 6 nitrogen and oxygen atoms in total. The number of nitrogens with one attached hydrogen (secondary N) is 1. The van der Waals surface area contributed by atoms with E-state index in [-0.39, 0.29) is 17.3 Å². The van der Waals surface area contributed by atoms with Gasteiger partial charge in [0.25, 0.3) is 5.56 Å². The molecule has 2 rings (SSSR count). The summed E-state index contributed by atoms with van der Waals surface area (Å²) >= 11 is 0. The second-order valence-corrected chi connectivity index (χ2v) is 3.70. The number of aromatic amines is 1. The van der Waals surface area contributed by atoms with Gasteiger partial charge in [-0.1, -0.05) is 18.2 Å². The maximum Gasteiger partial charge on any atom is 0.265 e. The zero-order valence-corrected chi connectivity index (χ0v) is 9.75. The first kappa shape index (κ1) is 11.8. The van der Waals surface area contributed by atoms with Gasteiger partial charge in [0, 0.05) is 12.7 Å². The van der Waals surface area contributed by atoms with Gasteiger partial charge in [-0.25, -0.2) is 0 Å². The highest BCUT2D eigenvalue weighted by Gasteiger charge is 2.11. The van der Waals surface area contributed by atoms with Crippen LogP contribution >= 0.6 is 0 Å². The summed E-state index contributed by atoms with van der Waals surface area (Å²) in [7, 11) is 1.74. The monoisotopic (exact) mass is 244 g/mol. The Morgan fingerprint density at radius 3 is 2.56 bits per heavy atom. The van der Waals surface area contributed by atoms with E-state index in [0.717, 1.165) is 5.69 Å². The van der Waals surface area contributed by atoms with Gasteiger partial charge >= 0.3 is 0 Å². The van der Waals surface area contributed by atoms with E-state index in [9.17, 15) is 9.59 Å². The lowest BCUT2D eigenvalue weighted by atomic mass is 10.3. The first-order chi connectivity index (χ1) is 8.63. The minimum atomic E-state index is -0.546. The van der Waals surface area contributed by atoms with Gasteiger partial charge in [0.15, 0.2) is 6.29 Å². The summed E-state index contributed by atoms with van der Waals surface area (Å²) in [5.41, 5.74) is 5.71. The van der Waals surface area contributed by atoms with E-state index in [1.54, 1.807) is 11.9 Å². The highest BCUT2D eigenvalue weighted by atomic mass is 16.1. The fourth-order valence-electron chi connectivity index (χ4n) is 1.53. The van der Waals surface area contributed by atoms with Crippen LogP contribution in [0.3, 0.4) is 0 Å². The van der Waals surface area contributed by atoms with Crippen LogP contribution in [0, 0.1) is 0 Å². The van der Waals surface area contributed by atoms with Gasteiger partial charge in [0.2, 0.25) is 5.95 Å². The molecule has 1 aromatic carbocycles. The molecule has 0 fully saturated rings. The van der Waals surface area contributed by atoms with Crippen molar-refractivity contribution < 1.29 is 4.79 Å². The van der Waals surface area contributed by atoms with Gasteiger partial charge in [-0.05, 0) is 12.1 Å². The van der Waals surface area contributed by atoms with Crippen LogP contribution in [0.1, 0.15) is 10.4 Å². The molecule has 0 spiro atoms. The van der Waals surface area contributed by atoms with Crippen LogP contribution < -0.4 is 16.2 Å². The lowest BCUT2D eigenvalue weighted by Gasteiger charge is -2.17. The predicted octanol–water partition coefficient (Wildman–Crippen LogP) is 0.932. The molecule has 0 aliphatic rings. The number of rotatable bonds is 3. The van der Waals surface area contributed by atoms with E-state index in [0.29, 0.717) is 6.29 Å². The number of hydrogen-bond donors (Lipinski definition) is 2. The van der Waals surface area contributed by atoms with Crippen molar-refractivity contribution in [2.75, 3.05) is 17.7 Å². The van der Waals surface area contributed by atoms with E-state index in [4.69, 9.17) is 5.73 Å². The number of nitrogens with two attached hydrogens (primary N) is 1. The van der Waals surface area contributed by atoms with Crippen LogP contribution in [-0.4, -0.2) is 23.3 Å². The predicted molar refractivity (Wildman–Crippen MR) is 69.2 cm³/mol. The second kappa shape index (κ2) is 4.70. The van der Waals surface area contributed by atoms with Crippen molar-refractivity contribution in [2.24, 2.45) is 0 Å². The summed E-state index contributed by atoms with van der Waals surface area (Å²) in [6.45, 7) is 0. The van der Waals surface area contributed by atoms with Crippen LogP contribution in [0.5, 0.6) is 0 Å². The number of hydrogen-bond acceptors (Lipinski definition) is 5. The molecular weight excluding hydrogens is 232 g/mol. The first-order valence-electron chi connectivity index (χ1n) is 5.27. The number of carbonyl (C=O) groups is 1.